The molecule has 2 N–H and O–H groups in total. The third kappa shape index (κ3) is 7.18. The van der Waals surface area contributed by atoms with Gasteiger partial charge in [-0.25, -0.2) is 23.4 Å². The Bertz CT molecular complexity index is 1550. The molecule has 1 aliphatic carbocycles. The van der Waals surface area contributed by atoms with Crippen molar-refractivity contribution in [1.29, 1.82) is 0 Å². The van der Waals surface area contributed by atoms with Crippen LogP contribution in [0.15, 0.2) is 53.8 Å². The number of rotatable bonds is 10. The predicted molar refractivity (Wildman–Crippen MR) is 154 cm³/mol. The van der Waals surface area contributed by atoms with Crippen LogP contribution in [0.1, 0.15) is 46.0 Å². The van der Waals surface area contributed by atoms with Gasteiger partial charge in [0.2, 0.25) is 5.91 Å². The Hall–Kier alpha value is -3.52. The highest BCUT2D eigenvalue weighted by molar-refractivity contribution is 7.91. The summed E-state index contributed by atoms with van der Waals surface area (Å²) in [5, 5.41) is 6.79. The first-order valence-corrected chi connectivity index (χ1v) is 16.0. The smallest absolute Gasteiger partial charge is 0.404 e. The first-order valence-electron chi connectivity index (χ1n) is 14.3. The van der Waals surface area contributed by atoms with E-state index in [1.807, 2.05) is 0 Å². The Morgan fingerprint density at radius 1 is 1.09 bits per heavy atom. The van der Waals surface area contributed by atoms with Crippen molar-refractivity contribution >= 4 is 32.6 Å². The fourth-order valence-corrected chi connectivity index (χ4v) is 7.89. The molecule has 2 fully saturated rings. The van der Waals surface area contributed by atoms with E-state index in [4.69, 9.17) is 0 Å². The Kier molecular flexibility index (Phi) is 8.80. The number of nitrogens with zero attached hydrogens (tertiary/aromatic N) is 4. The zero-order valence-electron chi connectivity index (χ0n) is 24.0. The minimum Gasteiger partial charge on any atom is -0.404 e. The van der Waals surface area contributed by atoms with E-state index in [9.17, 15) is 26.4 Å². The molecule has 10 nitrogen and oxygen atoms in total. The van der Waals surface area contributed by atoms with Gasteiger partial charge in [0.05, 0.1) is 27.8 Å². The topological polar surface area (TPSA) is 126 Å². The minimum absolute atomic E-state index is 0.131. The number of fused-ring (bicyclic) bond motifs is 1. The number of alkyl halides is 3. The van der Waals surface area contributed by atoms with Crippen molar-refractivity contribution < 1.29 is 31.1 Å². The van der Waals surface area contributed by atoms with E-state index < -0.39 is 33.5 Å². The van der Waals surface area contributed by atoms with Gasteiger partial charge < -0.3 is 20.3 Å². The maximum Gasteiger partial charge on any atom is 0.573 e. The monoisotopic (exact) mass is 620 g/mol. The van der Waals surface area contributed by atoms with Gasteiger partial charge in [-0.05, 0) is 62.8 Å². The van der Waals surface area contributed by atoms with Crippen LogP contribution >= 0.6 is 0 Å². The third-order valence-corrected chi connectivity index (χ3v) is 9.99. The first kappa shape index (κ1) is 30.9. The number of sulfone groups is 1. The normalized spacial score (nSPS) is 23.2. The summed E-state index contributed by atoms with van der Waals surface area (Å²) in [6, 6.07) is 8.84. The van der Waals surface area contributed by atoms with Gasteiger partial charge in [0.25, 0.3) is 0 Å². The number of nitrogens with one attached hydrogen (secondary N) is 2. The number of carbonyl (C=O) groups is 1. The second-order valence-electron chi connectivity index (χ2n) is 11.7. The van der Waals surface area contributed by atoms with Crippen LogP contribution in [0.3, 0.4) is 0 Å². The summed E-state index contributed by atoms with van der Waals surface area (Å²) in [5.74, 6) is -0.402. The van der Waals surface area contributed by atoms with Crippen molar-refractivity contribution in [2.45, 2.75) is 74.8 Å². The van der Waals surface area contributed by atoms with Gasteiger partial charge in [0.1, 0.15) is 23.9 Å². The quantitative estimate of drug-likeness (QED) is 0.341. The van der Waals surface area contributed by atoms with E-state index in [0.717, 1.165) is 31.6 Å². The van der Waals surface area contributed by atoms with Crippen LogP contribution in [0.2, 0.25) is 0 Å². The average Bonchev–Trinajstić information content (AvgIpc) is 3.32. The largest absolute Gasteiger partial charge is 0.573 e. The molecule has 0 radical (unpaired) electrons. The third-order valence-electron chi connectivity index (χ3n) is 8.08. The Labute approximate surface area is 248 Å². The number of likely N-dealkylation sites (tertiary alicyclic amines) is 1. The molecule has 1 atom stereocenters. The van der Waals surface area contributed by atoms with Crippen molar-refractivity contribution in [3.8, 4) is 5.75 Å². The molecule has 3 aromatic rings. The predicted octanol–water partition coefficient (Wildman–Crippen LogP) is 4.34. The molecule has 1 saturated carbocycles. The lowest BCUT2D eigenvalue weighted by molar-refractivity contribution is -0.274. The summed E-state index contributed by atoms with van der Waals surface area (Å²) in [6.45, 7) is 5.44. The van der Waals surface area contributed by atoms with Gasteiger partial charge in [-0.1, -0.05) is 32.0 Å². The minimum atomic E-state index is -4.90. The first-order chi connectivity index (χ1) is 20.4. The Balaban J connectivity index is 1.39. The maximum absolute atomic E-state index is 13.9. The number of aromatic nitrogens is 3. The lowest BCUT2D eigenvalue weighted by Gasteiger charge is -2.46. The van der Waals surface area contributed by atoms with E-state index in [1.54, 1.807) is 35.2 Å². The zero-order valence-corrected chi connectivity index (χ0v) is 24.8. The molecule has 2 aromatic heterocycles. The second kappa shape index (κ2) is 12.2. The summed E-state index contributed by atoms with van der Waals surface area (Å²) in [6.07, 6.45) is 0.0670. The van der Waals surface area contributed by atoms with Crippen molar-refractivity contribution in [2.24, 2.45) is 5.92 Å². The lowest BCUT2D eigenvalue weighted by atomic mass is 9.79. The van der Waals surface area contributed by atoms with Gasteiger partial charge in [-0.3, -0.25) is 4.79 Å². The molecule has 14 heteroatoms. The van der Waals surface area contributed by atoms with Gasteiger partial charge >= 0.3 is 6.36 Å². The molecule has 1 aliphatic heterocycles. The number of hydrogen-bond donors (Lipinski definition) is 2. The molecule has 43 heavy (non-hydrogen) atoms. The van der Waals surface area contributed by atoms with E-state index in [-0.39, 0.29) is 39.4 Å². The molecule has 1 amide bonds. The molecular formula is C29H35F3N6O4S. The lowest BCUT2D eigenvalue weighted by Crippen LogP contribution is -2.58. The van der Waals surface area contributed by atoms with Crippen molar-refractivity contribution in [1.82, 2.24) is 25.2 Å². The molecule has 3 heterocycles. The van der Waals surface area contributed by atoms with Crippen molar-refractivity contribution in [3.05, 3.63) is 48.9 Å². The standard InChI is InChI=1S/C29H35F3N6O4S/c1-19(2)15-33-20-8-11-28(12-9-20,17-43(40,41)22-6-4-3-5-7-22)38-13-10-24(27(38)39)37-26-23-14-21(42-29(30,31)32)16-34-25(23)35-18-36-26/h3-7,14,16,18-20,24,33H,8-13,15,17H2,1-2H3,(H,34,35,36,37)/t20?,24-,28?/m0/s1. The van der Waals surface area contributed by atoms with Crippen LogP contribution in [-0.2, 0) is 14.6 Å². The number of benzene rings is 1. The Morgan fingerprint density at radius 2 is 1.81 bits per heavy atom. The van der Waals surface area contributed by atoms with Crippen LogP contribution < -0.4 is 15.4 Å². The number of halogens is 3. The molecule has 5 rings (SSSR count). The van der Waals surface area contributed by atoms with Crippen LogP contribution in [0.4, 0.5) is 19.0 Å². The highest BCUT2D eigenvalue weighted by atomic mass is 32.2. The number of pyridine rings is 1. The number of carbonyl (C=O) groups excluding carboxylic acids is 1. The van der Waals surface area contributed by atoms with Gasteiger partial charge in [-0.15, -0.1) is 13.2 Å². The van der Waals surface area contributed by atoms with E-state index in [0.29, 0.717) is 31.7 Å². The summed E-state index contributed by atoms with van der Waals surface area (Å²) in [4.78, 5) is 28.0. The molecular weight excluding hydrogens is 585 g/mol. The summed E-state index contributed by atoms with van der Waals surface area (Å²) in [7, 11) is -3.72. The summed E-state index contributed by atoms with van der Waals surface area (Å²) in [5.41, 5.74) is -0.770. The fourth-order valence-electron chi connectivity index (χ4n) is 6.00. The van der Waals surface area contributed by atoms with E-state index >= 15 is 0 Å². The highest BCUT2D eigenvalue weighted by Gasteiger charge is 2.49. The maximum atomic E-state index is 13.9. The molecule has 0 unspecified atom stereocenters. The zero-order chi connectivity index (χ0) is 30.8. The number of anilines is 1. The molecule has 2 aliphatic rings. The van der Waals surface area contributed by atoms with E-state index in [2.05, 4.69) is 44.2 Å². The number of amides is 1. The average molecular weight is 621 g/mol. The van der Waals surface area contributed by atoms with E-state index in [1.165, 1.54) is 6.33 Å². The molecule has 0 spiro atoms. The summed E-state index contributed by atoms with van der Waals surface area (Å²) >= 11 is 0. The molecule has 0 bridgehead atoms. The number of hydrogen-bond acceptors (Lipinski definition) is 9. The van der Waals surface area contributed by atoms with Gasteiger partial charge in [0.15, 0.2) is 15.5 Å². The Morgan fingerprint density at radius 3 is 2.49 bits per heavy atom. The van der Waals surface area contributed by atoms with Gasteiger partial charge in [-0.2, -0.15) is 0 Å². The van der Waals surface area contributed by atoms with Crippen molar-refractivity contribution in [3.63, 3.8) is 0 Å². The van der Waals surface area contributed by atoms with Crippen LogP contribution in [0.25, 0.3) is 11.0 Å². The number of ether oxygens (including phenoxy) is 1. The fraction of sp³-hybridized carbons (Fsp3) is 0.517. The van der Waals surface area contributed by atoms with Crippen LogP contribution in [-0.4, -0.2) is 77.0 Å². The van der Waals surface area contributed by atoms with Crippen LogP contribution in [0.5, 0.6) is 5.75 Å². The summed E-state index contributed by atoms with van der Waals surface area (Å²) < 4.78 is 69.7. The SMILES string of the molecule is CC(C)CNC1CCC(CS(=O)(=O)c2ccccc2)(N2CC[C@H](Nc3ncnc4ncc(OC(F)(F)F)cc34)C2=O)CC1. The van der Waals surface area contributed by atoms with Gasteiger partial charge in [0, 0.05) is 12.6 Å². The molecule has 1 saturated heterocycles. The highest BCUT2D eigenvalue weighted by Crippen LogP contribution is 2.40. The second-order valence-corrected chi connectivity index (χ2v) is 13.7. The molecule has 232 valence electrons. The van der Waals surface area contributed by atoms with Crippen LogP contribution in [0, 0.1) is 5.92 Å². The van der Waals surface area contributed by atoms with Crippen molar-refractivity contribution in [2.75, 3.05) is 24.2 Å². The molecule has 1 aromatic carbocycles.